The molecule has 3 rings (SSSR count). The van der Waals surface area contributed by atoms with Gasteiger partial charge in [0.05, 0.1) is 10.6 Å². The van der Waals surface area contributed by atoms with Crippen LogP contribution in [0.15, 0.2) is 53.6 Å². The van der Waals surface area contributed by atoms with Gasteiger partial charge in [0, 0.05) is 18.0 Å². The second kappa shape index (κ2) is 6.32. The summed E-state index contributed by atoms with van der Waals surface area (Å²) in [4.78, 5) is 3.99. The lowest BCUT2D eigenvalue weighted by atomic mass is 10.1. The van der Waals surface area contributed by atoms with Crippen molar-refractivity contribution in [2.45, 2.75) is 11.3 Å². The predicted octanol–water partition coefficient (Wildman–Crippen LogP) is 3.41. The van der Waals surface area contributed by atoms with E-state index >= 15 is 0 Å². The van der Waals surface area contributed by atoms with Crippen molar-refractivity contribution < 1.29 is 21.6 Å². The highest BCUT2D eigenvalue weighted by Gasteiger charge is 2.19. The van der Waals surface area contributed by atoms with Crippen molar-refractivity contribution in [1.29, 1.82) is 0 Å². The van der Waals surface area contributed by atoms with E-state index < -0.39 is 27.8 Å². The van der Waals surface area contributed by atoms with Crippen molar-refractivity contribution in [3.63, 3.8) is 0 Å². The zero-order valence-electron chi connectivity index (χ0n) is 12.9. The number of nitrogens with zero attached hydrogens (tertiary/aromatic N) is 3. The van der Waals surface area contributed by atoms with Crippen LogP contribution in [0.3, 0.4) is 0 Å². The van der Waals surface area contributed by atoms with Crippen molar-refractivity contribution in [2.24, 2.45) is 0 Å². The summed E-state index contributed by atoms with van der Waals surface area (Å²) in [6, 6.07) is 9.14. The molecule has 0 aliphatic rings. The van der Waals surface area contributed by atoms with Crippen LogP contribution in [0.1, 0.15) is 12.1 Å². The van der Waals surface area contributed by atoms with Crippen LogP contribution in [0.4, 0.5) is 13.2 Å². The topological polar surface area (TPSA) is 64.8 Å². The van der Waals surface area contributed by atoms with E-state index in [1.54, 1.807) is 0 Å². The molecule has 9 heteroatoms. The van der Waals surface area contributed by atoms with Crippen LogP contribution >= 0.6 is 0 Å². The Hall–Kier alpha value is -2.68. The van der Waals surface area contributed by atoms with Gasteiger partial charge >= 0.3 is 0 Å². The van der Waals surface area contributed by atoms with E-state index in [-0.39, 0.29) is 16.4 Å². The molecule has 0 aliphatic heterocycles. The Balaban J connectivity index is 2.13. The lowest BCUT2D eigenvalue weighted by Crippen LogP contribution is -2.04. The van der Waals surface area contributed by atoms with Gasteiger partial charge < -0.3 is 0 Å². The summed E-state index contributed by atoms with van der Waals surface area (Å²) in [6.07, 6.45) is -0.630. The summed E-state index contributed by atoms with van der Waals surface area (Å²) in [7, 11) is -3.43. The number of alkyl halides is 2. The Morgan fingerprint density at radius 1 is 1.08 bits per heavy atom. The molecule has 2 heterocycles. The summed E-state index contributed by atoms with van der Waals surface area (Å²) >= 11 is 0. The Morgan fingerprint density at radius 3 is 2.28 bits per heavy atom. The van der Waals surface area contributed by atoms with Gasteiger partial charge in [-0.15, -0.1) is 0 Å². The van der Waals surface area contributed by atoms with Gasteiger partial charge in [-0.25, -0.2) is 31.3 Å². The number of pyridine rings is 1. The Labute approximate surface area is 141 Å². The van der Waals surface area contributed by atoms with Gasteiger partial charge in [0.15, 0.2) is 15.7 Å². The molecular weight excluding hydrogens is 355 g/mol. The van der Waals surface area contributed by atoms with Crippen LogP contribution in [0.2, 0.25) is 0 Å². The van der Waals surface area contributed by atoms with Crippen LogP contribution in [0.5, 0.6) is 0 Å². The zero-order chi connectivity index (χ0) is 18.2. The summed E-state index contributed by atoms with van der Waals surface area (Å²) in [5.41, 5.74) is 0.290. The molecule has 0 aliphatic carbocycles. The van der Waals surface area contributed by atoms with E-state index in [0.717, 1.165) is 12.5 Å². The van der Waals surface area contributed by atoms with Crippen molar-refractivity contribution in [3.8, 4) is 17.1 Å². The molecule has 0 saturated carbocycles. The molecule has 5 nitrogen and oxygen atoms in total. The normalized spacial score (nSPS) is 11.9. The number of hydrogen-bond acceptors (Lipinski definition) is 4. The number of aromatic nitrogens is 3. The first-order valence-electron chi connectivity index (χ1n) is 7.06. The average molecular weight is 367 g/mol. The van der Waals surface area contributed by atoms with Crippen LogP contribution in [0.25, 0.3) is 17.1 Å². The molecule has 0 atom stereocenters. The fourth-order valence-corrected chi connectivity index (χ4v) is 2.78. The highest BCUT2D eigenvalue weighted by molar-refractivity contribution is 7.90. The summed E-state index contributed by atoms with van der Waals surface area (Å²) in [6.45, 7) is 0. The Bertz CT molecular complexity index is 998. The van der Waals surface area contributed by atoms with Crippen molar-refractivity contribution in [3.05, 3.63) is 60.2 Å². The SMILES string of the molecule is CS(=O)(=O)c1ccc(-n2nc(C(F)F)cc2-c2ccc(F)cc2)nc1. The summed E-state index contributed by atoms with van der Waals surface area (Å²) < 4.78 is 63.3. The van der Waals surface area contributed by atoms with E-state index in [4.69, 9.17) is 0 Å². The largest absolute Gasteiger partial charge is 0.282 e. The molecule has 0 bridgehead atoms. The summed E-state index contributed by atoms with van der Waals surface area (Å²) in [5.74, 6) is -0.293. The highest BCUT2D eigenvalue weighted by atomic mass is 32.2. The molecule has 0 radical (unpaired) electrons. The van der Waals surface area contributed by atoms with Crippen LogP contribution in [-0.4, -0.2) is 29.4 Å². The average Bonchev–Trinajstić information content (AvgIpc) is 3.00. The zero-order valence-corrected chi connectivity index (χ0v) is 13.7. The highest BCUT2D eigenvalue weighted by Crippen LogP contribution is 2.28. The number of halogens is 3. The lowest BCUT2D eigenvalue weighted by molar-refractivity contribution is 0.145. The van der Waals surface area contributed by atoms with Crippen LogP contribution < -0.4 is 0 Å². The minimum Gasteiger partial charge on any atom is -0.236 e. The van der Waals surface area contributed by atoms with Gasteiger partial charge in [-0.2, -0.15) is 5.10 Å². The third-order valence-electron chi connectivity index (χ3n) is 3.46. The first-order chi connectivity index (χ1) is 11.8. The third-order valence-corrected chi connectivity index (χ3v) is 4.56. The molecule has 0 N–H and O–H groups in total. The molecule has 0 fully saturated rings. The van der Waals surface area contributed by atoms with Crippen molar-refractivity contribution >= 4 is 9.84 Å². The van der Waals surface area contributed by atoms with E-state index in [1.165, 1.54) is 47.1 Å². The number of rotatable bonds is 4. The van der Waals surface area contributed by atoms with Gasteiger partial charge in [0.2, 0.25) is 0 Å². The van der Waals surface area contributed by atoms with Gasteiger partial charge in [-0.3, -0.25) is 0 Å². The summed E-state index contributed by atoms with van der Waals surface area (Å²) in [5, 5.41) is 3.83. The molecule has 3 aromatic rings. The van der Waals surface area contributed by atoms with Gasteiger partial charge in [-0.1, -0.05) is 0 Å². The standard InChI is InChI=1S/C16H12F3N3O2S/c1-25(23,24)12-6-7-15(20-9-12)22-14(8-13(21-22)16(18)19)10-2-4-11(17)5-3-10/h2-9,16H,1H3. The first kappa shape index (κ1) is 17.2. The third kappa shape index (κ3) is 3.55. The first-order valence-corrected chi connectivity index (χ1v) is 8.95. The van der Waals surface area contributed by atoms with Crippen molar-refractivity contribution in [2.75, 3.05) is 6.26 Å². The van der Waals surface area contributed by atoms with E-state index in [2.05, 4.69) is 10.1 Å². The fourth-order valence-electron chi connectivity index (χ4n) is 2.22. The lowest BCUT2D eigenvalue weighted by Gasteiger charge is -2.07. The van der Waals surface area contributed by atoms with E-state index in [1.807, 2.05) is 0 Å². The Morgan fingerprint density at radius 2 is 1.76 bits per heavy atom. The molecule has 25 heavy (non-hydrogen) atoms. The van der Waals surface area contributed by atoms with E-state index in [9.17, 15) is 21.6 Å². The predicted molar refractivity (Wildman–Crippen MR) is 84.8 cm³/mol. The molecule has 2 aromatic heterocycles. The minimum absolute atomic E-state index is 0.000761. The molecule has 0 spiro atoms. The van der Waals surface area contributed by atoms with Crippen LogP contribution in [0, 0.1) is 5.82 Å². The second-order valence-electron chi connectivity index (χ2n) is 5.30. The smallest absolute Gasteiger partial charge is 0.236 e. The maximum absolute atomic E-state index is 13.1. The Kier molecular flexibility index (Phi) is 4.34. The molecule has 0 saturated heterocycles. The maximum atomic E-state index is 13.1. The minimum atomic E-state index is -3.43. The van der Waals surface area contributed by atoms with E-state index in [0.29, 0.717) is 5.56 Å². The number of sulfone groups is 1. The molecule has 0 unspecified atom stereocenters. The molecular formula is C16H12F3N3O2S. The number of hydrogen-bond donors (Lipinski definition) is 0. The van der Waals surface area contributed by atoms with Gasteiger partial charge in [-0.05, 0) is 42.5 Å². The quantitative estimate of drug-likeness (QED) is 0.709. The molecule has 1 aromatic carbocycles. The maximum Gasteiger partial charge on any atom is 0.282 e. The van der Waals surface area contributed by atoms with Crippen LogP contribution in [-0.2, 0) is 9.84 Å². The van der Waals surface area contributed by atoms with Crippen molar-refractivity contribution in [1.82, 2.24) is 14.8 Å². The molecule has 130 valence electrons. The number of benzene rings is 1. The van der Waals surface area contributed by atoms with Gasteiger partial charge in [0.25, 0.3) is 6.43 Å². The monoisotopic (exact) mass is 367 g/mol. The second-order valence-corrected chi connectivity index (χ2v) is 7.31. The molecule has 0 amide bonds. The van der Waals surface area contributed by atoms with Gasteiger partial charge in [0.1, 0.15) is 11.5 Å². The fraction of sp³-hybridized carbons (Fsp3) is 0.125.